The van der Waals surface area contributed by atoms with Gasteiger partial charge in [0.1, 0.15) is 24.9 Å². The van der Waals surface area contributed by atoms with Crippen molar-refractivity contribution in [3.05, 3.63) is 57.8 Å². The number of ether oxygens (including phenoxy) is 1. The molecule has 0 fully saturated rings. The summed E-state index contributed by atoms with van der Waals surface area (Å²) in [5.74, 6) is 2.33. The second kappa shape index (κ2) is 4.42. The van der Waals surface area contributed by atoms with Gasteiger partial charge >= 0.3 is 0 Å². The topological polar surface area (TPSA) is 22.4 Å². The first-order chi connectivity index (χ1) is 10.7. The molecule has 1 aromatic heterocycles. The van der Waals surface area contributed by atoms with E-state index in [0.29, 0.717) is 5.92 Å². The lowest BCUT2D eigenvalue weighted by Crippen LogP contribution is -2.16. The molecule has 2 nitrogen and oxygen atoms in total. The largest absolute Gasteiger partial charge is 0.482 e. The lowest BCUT2D eigenvalue weighted by atomic mass is 9.81. The van der Waals surface area contributed by atoms with Crippen LogP contribution in [-0.4, -0.2) is 7.85 Å². The van der Waals surface area contributed by atoms with Crippen molar-refractivity contribution in [1.29, 1.82) is 0 Å². The summed E-state index contributed by atoms with van der Waals surface area (Å²) in [6.45, 7) is 0. The van der Waals surface area contributed by atoms with E-state index in [1.165, 1.54) is 11.1 Å². The minimum Gasteiger partial charge on any atom is -0.482 e. The highest BCUT2D eigenvalue weighted by molar-refractivity contribution is 9.10. The Hall–Kier alpha value is -1.68. The lowest BCUT2D eigenvalue weighted by Gasteiger charge is -2.23. The molecule has 4 heteroatoms. The molecule has 106 valence electrons. The summed E-state index contributed by atoms with van der Waals surface area (Å²) in [4.78, 5) is 0. The molecule has 0 spiro atoms. The van der Waals surface area contributed by atoms with Gasteiger partial charge in [0.05, 0.1) is 0 Å². The maximum Gasteiger partial charge on any atom is 0.163 e. The van der Waals surface area contributed by atoms with Crippen LogP contribution >= 0.6 is 15.9 Å². The Kier molecular flexibility index (Phi) is 2.58. The summed E-state index contributed by atoms with van der Waals surface area (Å²) in [6.07, 6.45) is 2.06. The van der Waals surface area contributed by atoms with Crippen molar-refractivity contribution < 1.29 is 9.15 Å². The fraction of sp³-hybridized carbons (Fsp3) is 0.222. The number of benzene rings is 2. The highest BCUT2D eigenvalue weighted by Gasteiger charge is 2.42. The fourth-order valence-electron chi connectivity index (χ4n) is 3.81. The third-order valence-corrected chi connectivity index (χ3v) is 5.29. The molecule has 0 N–H and O–H groups in total. The number of hydrogen-bond acceptors (Lipinski definition) is 2. The van der Waals surface area contributed by atoms with Crippen molar-refractivity contribution in [2.45, 2.75) is 24.9 Å². The van der Waals surface area contributed by atoms with E-state index in [4.69, 9.17) is 17.0 Å². The first kappa shape index (κ1) is 12.8. The predicted octanol–water partition coefficient (Wildman–Crippen LogP) is 4.15. The minimum absolute atomic E-state index is 0.0123. The van der Waals surface area contributed by atoms with E-state index < -0.39 is 0 Å². The lowest BCUT2D eigenvalue weighted by molar-refractivity contribution is 0.167. The van der Waals surface area contributed by atoms with Crippen molar-refractivity contribution in [3.8, 4) is 5.75 Å². The zero-order chi connectivity index (χ0) is 14.8. The molecule has 2 unspecified atom stereocenters. The Morgan fingerprint density at radius 3 is 2.95 bits per heavy atom. The normalized spacial score (nSPS) is 22.0. The van der Waals surface area contributed by atoms with E-state index in [2.05, 4.69) is 22.0 Å². The number of fused-ring (bicyclic) bond motifs is 7. The van der Waals surface area contributed by atoms with Gasteiger partial charge in [0.2, 0.25) is 0 Å². The average molecular weight is 351 g/mol. The third kappa shape index (κ3) is 1.67. The molecule has 2 aromatic carbocycles. The second-order valence-corrected chi connectivity index (χ2v) is 6.98. The Bertz CT molecular complexity index is 915. The zero-order valence-electron chi connectivity index (χ0n) is 11.8. The summed E-state index contributed by atoms with van der Waals surface area (Å²) < 4.78 is 13.4. The molecule has 0 saturated heterocycles. The van der Waals surface area contributed by atoms with Gasteiger partial charge in [-0.1, -0.05) is 33.5 Å². The molecular formula is C18H12BBrO2. The summed E-state index contributed by atoms with van der Waals surface area (Å²) in [5.41, 5.74) is 4.22. The highest BCUT2D eigenvalue weighted by Crippen LogP contribution is 2.53. The molecule has 0 amide bonds. The van der Waals surface area contributed by atoms with Gasteiger partial charge in [-0.25, -0.2) is 0 Å². The van der Waals surface area contributed by atoms with Gasteiger partial charge in [-0.2, -0.15) is 0 Å². The van der Waals surface area contributed by atoms with Crippen LogP contribution in [-0.2, 0) is 6.42 Å². The SMILES string of the molecule is [B]c1ccc2oc3c(c2c1)CCC1c2cc(Br)ccc2OC31. The minimum atomic E-state index is -0.0123. The highest BCUT2D eigenvalue weighted by atomic mass is 79.9. The molecule has 0 bridgehead atoms. The van der Waals surface area contributed by atoms with E-state index in [1.54, 1.807) is 0 Å². The quantitative estimate of drug-likeness (QED) is 0.568. The van der Waals surface area contributed by atoms with Gasteiger partial charge in [0.15, 0.2) is 6.10 Å². The summed E-state index contributed by atoms with van der Waals surface area (Å²) in [5, 5.41) is 1.13. The maximum absolute atomic E-state index is 6.21. The van der Waals surface area contributed by atoms with Crippen LogP contribution in [0.2, 0.25) is 0 Å². The van der Waals surface area contributed by atoms with Gasteiger partial charge in [-0.3, -0.25) is 0 Å². The summed E-state index contributed by atoms with van der Waals surface area (Å²) >= 11 is 3.56. The Morgan fingerprint density at radius 2 is 2.05 bits per heavy atom. The van der Waals surface area contributed by atoms with Crippen LogP contribution in [0.15, 0.2) is 45.3 Å². The van der Waals surface area contributed by atoms with E-state index in [-0.39, 0.29) is 6.10 Å². The summed E-state index contributed by atoms with van der Waals surface area (Å²) in [6, 6.07) is 12.1. The standard InChI is InChI=1S/C18H12BBrO2/c19-9-1-5-15-13(7-9)11-3-4-12-14-8-10(20)2-6-16(14)22-18(12)17(11)21-15/h1-2,5-8,12,18H,3-4H2. The molecule has 22 heavy (non-hydrogen) atoms. The Labute approximate surface area is 138 Å². The molecule has 1 aliphatic heterocycles. The van der Waals surface area contributed by atoms with Crippen LogP contribution in [0.25, 0.3) is 11.0 Å². The smallest absolute Gasteiger partial charge is 0.163 e. The fourth-order valence-corrected chi connectivity index (χ4v) is 4.19. The average Bonchev–Trinajstić information content (AvgIpc) is 3.05. The van der Waals surface area contributed by atoms with Crippen LogP contribution in [0.4, 0.5) is 0 Å². The van der Waals surface area contributed by atoms with Crippen LogP contribution in [0.5, 0.6) is 5.75 Å². The monoisotopic (exact) mass is 350 g/mol. The Morgan fingerprint density at radius 1 is 1.14 bits per heavy atom. The number of halogens is 1. The molecule has 2 atom stereocenters. The molecule has 5 rings (SSSR count). The number of furan rings is 1. The van der Waals surface area contributed by atoms with Gasteiger partial charge in [0.25, 0.3) is 0 Å². The van der Waals surface area contributed by atoms with Crippen molar-refractivity contribution in [1.82, 2.24) is 0 Å². The van der Waals surface area contributed by atoms with E-state index >= 15 is 0 Å². The van der Waals surface area contributed by atoms with Gasteiger partial charge in [0, 0.05) is 26.9 Å². The van der Waals surface area contributed by atoms with Crippen molar-refractivity contribution in [2.75, 3.05) is 0 Å². The van der Waals surface area contributed by atoms with Crippen LogP contribution < -0.4 is 10.2 Å². The Balaban J connectivity index is 1.69. The molecule has 3 aromatic rings. The first-order valence-electron chi connectivity index (χ1n) is 7.47. The van der Waals surface area contributed by atoms with E-state index in [0.717, 1.165) is 45.3 Å². The molecule has 0 saturated carbocycles. The zero-order valence-corrected chi connectivity index (χ0v) is 13.4. The van der Waals surface area contributed by atoms with Crippen LogP contribution in [0, 0.1) is 0 Å². The molecular weight excluding hydrogens is 339 g/mol. The van der Waals surface area contributed by atoms with Gasteiger partial charge in [-0.05, 0) is 37.1 Å². The number of hydrogen-bond donors (Lipinski definition) is 0. The van der Waals surface area contributed by atoms with Gasteiger partial charge < -0.3 is 9.15 Å². The predicted molar refractivity (Wildman–Crippen MR) is 90.2 cm³/mol. The van der Waals surface area contributed by atoms with Crippen molar-refractivity contribution in [3.63, 3.8) is 0 Å². The first-order valence-corrected chi connectivity index (χ1v) is 8.27. The number of aryl methyl sites for hydroxylation is 1. The van der Waals surface area contributed by atoms with E-state index in [1.807, 2.05) is 30.3 Å². The maximum atomic E-state index is 6.21. The summed E-state index contributed by atoms with van der Waals surface area (Å²) in [7, 11) is 5.93. The molecule has 1 aliphatic carbocycles. The van der Waals surface area contributed by atoms with Crippen LogP contribution in [0.1, 0.15) is 35.3 Å². The molecule has 2 radical (unpaired) electrons. The molecule has 2 aliphatic rings. The van der Waals surface area contributed by atoms with Crippen molar-refractivity contribution >= 4 is 40.2 Å². The van der Waals surface area contributed by atoms with E-state index in [9.17, 15) is 0 Å². The van der Waals surface area contributed by atoms with Crippen LogP contribution in [0.3, 0.4) is 0 Å². The van der Waals surface area contributed by atoms with Gasteiger partial charge in [-0.15, -0.1) is 0 Å². The van der Waals surface area contributed by atoms with Crippen molar-refractivity contribution in [2.24, 2.45) is 0 Å². The second-order valence-electron chi connectivity index (χ2n) is 6.07. The third-order valence-electron chi connectivity index (χ3n) is 4.80. The number of rotatable bonds is 0. The molecule has 2 heterocycles.